The summed E-state index contributed by atoms with van der Waals surface area (Å²) in [5, 5.41) is 0. The van der Waals surface area contributed by atoms with Crippen LogP contribution in [0.1, 0.15) is 0 Å². The fourth-order valence-corrected chi connectivity index (χ4v) is 91.8. The normalized spacial score (nSPS) is 11.6. The van der Waals surface area contributed by atoms with Crippen LogP contribution < -0.4 is 0 Å². The standard InChI is InChI=1S/C9H27Si4.2C5H5.Zr/c1-11(2,3)10(12(4,5)6)13(7,8)9;2*1-2-4-5-3-1;/h1-9H3;2*1-5H;/q;2*-1;+2. The molecule has 0 saturated carbocycles. The summed E-state index contributed by atoms with van der Waals surface area (Å²) in [5.74, 6) is 0. The molecular weight excluding hydrogens is 432 g/mol. The topological polar surface area (TPSA) is 0 Å². The Bertz CT molecular complexity index is 377. The van der Waals surface area contributed by atoms with E-state index in [1.165, 1.54) is 0 Å². The van der Waals surface area contributed by atoms with Crippen LogP contribution in [0.2, 0.25) is 58.9 Å². The Morgan fingerprint density at radius 2 is 0.708 bits per heavy atom. The van der Waals surface area contributed by atoms with Crippen LogP contribution in [0.25, 0.3) is 0 Å². The third-order valence-corrected chi connectivity index (χ3v) is 61.9. The Balaban J connectivity index is 0. The molecule has 0 aromatic heterocycles. The van der Waals surface area contributed by atoms with Crippen molar-refractivity contribution < 1.29 is 26.2 Å². The van der Waals surface area contributed by atoms with Crippen LogP contribution >= 0.6 is 0 Å². The van der Waals surface area contributed by atoms with Crippen molar-refractivity contribution in [3.8, 4) is 0 Å². The monoisotopic (exact) mass is 467 g/mol. The summed E-state index contributed by atoms with van der Waals surface area (Å²) in [5.41, 5.74) is 0. The SMILES string of the molecule is C[Si](C)(C)[Si]([Si](C)(C)C)[Si](C)(C)C.[Zr+2].c1cc[cH-]c1.c1cc[cH-]c1. The quantitative estimate of drug-likeness (QED) is 0.354. The van der Waals surface area contributed by atoms with Gasteiger partial charge < -0.3 is 0 Å². The summed E-state index contributed by atoms with van der Waals surface area (Å²) >= 11 is 0. The average Bonchev–Trinajstić information content (AvgIpc) is 3.03. The van der Waals surface area contributed by atoms with Gasteiger partial charge >= 0.3 is 26.2 Å². The number of hydrogen-bond donors (Lipinski definition) is 0. The van der Waals surface area contributed by atoms with Gasteiger partial charge in [-0.2, -0.15) is 36.4 Å². The summed E-state index contributed by atoms with van der Waals surface area (Å²) in [6, 6.07) is 20.0. The van der Waals surface area contributed by atoms with Crippen molar-refractivity contribution in [1.82, 2.24) is 0 Å². The van der Waals surface area contributed by atoms with Crippen LogP contribution in [0.5, 0.6) is 0 Å². The summed E-state index contributed by atoms with van der Waals surface area (Å²) < 4.78 is 0. The third-order valence-electron chi connectivity index (χ3n) is 3.36. The summed E-state index contributed by atoms with van der Waals surface area (Å²) in [6.07, 6.45) is 0. The molecule has 24 heavy (non-hydrogen) atoms. The minimum atomic E-state index is -0.832. The van der Waals surface area contributed by atoms with Crippen LogP contribution in [-0.4, -0.2) is 30.1 Å². The summed E-state index contributed by atoms with van der Waals surface area (Å²) in [7, 11) is -2.47. The van der Waals surface area contributed by atoms with Crippen molar-refractivity contribution in [3.05, 3.63) is 60.7 Å². The predicted octanol–water partition coefficient (Wildman–Crippen LogP) is 6.54. The zero-order valence-electron chi connectivity index (χ0n) is 17.3. The van der Waals surface area contributed by atoms with Gasteiger partial charge in [0.15, 0.2) is 0 Å². The van der Waals surface area contributed by atoms with Crippen molar-refractivity contribution >= 4 is 30.1 Å². The fraction of sp³-hybridized carbons (Fsp3) is 0.474. The molecule has 0 aliphatic rings. The molecule has 0 saturated heterocycles. The molecule has 2 aromatic carbocycles. The van der Waals surface area contributed by atoms with Gasteiger partial charge in [-0.1, -0.05) is 58.9 Å². The molecule has 0 nitrogen and oxygen atoms in total. The molecule has 0 N–H and O–H groups in total. The van der Waals surface area contributed by atoms with Crippen molar-refractivity contribution in [3.63, 3.8) is 0 Å². The summed E-state index contributed by atoms with van der Waals surface area (Å²) in [6.45, 7) is 23.5. The molecule has 0 unspecified atom stereocenters. The van der Waals surface area contributed by atoms with Crippen LogP contribution in [0, 0.1) is 0 Å². The van der Waals surface area contributed by atoms with E-state index in [0.29, 0.717) is 0 Å². The van der Waals surface area contributed by atoms with Crippen molar-refractivity contribution in [1.29, 1.82) is 0 Å². The number of rotatable bonds is 3. The second-order valence-electron chi connectivity index (χ2n) is 9.05. The molecular formula is C19H37Si4Zr. The Labute approximate surface area is 174 Å². The zero-order valence-corrected chi connectivity index (χ0v) is 23.7. The Kier molecular flexibility index (Phi) is 13.3. The first-order valence-corrected chi connectivity index (χ1v) is 23.6. The van der Waals surface area contributed by atoms with Crippen LogP contribution in [0.3, 0.4) is 0 Å². The molecule has 2 aromatic rings. The maximum absolute atomic E-state index is 2.61. The smallest absolute Gasteiger partial charge is 0.214 e. The molecule has 0 bridgehead atoms. The molecule has 0 heterocycles. The second-order valence-corrected chi connectivity index (χ2v) is 45.8. The van der Waals surface area contributed by atoms with E-state index in [9.17, 15) is 0 Å². The van der Waals surface area contributed by atoms with Gasteiger partial charge in [0, 0.05) is 30.1 Å². The first-order chi connectivity index (χ1) is 10.4. The largest absolute Gasteiger partial charge is 2.00 e. The molecule has 2 rings (SSSR count). The zero-order chi connectivity index (χ0) is 18.1. The molecule has 5 heteroatoms. The van der Waals surface area contributed by atoms with E-state index in [1.54, 1.807) is 0 Å². The average molecular weight is 469 g/mol. The molecule has 0 atom stereocenters. The Hall–Kier alpha value is 0.451. The van der Waals surface area contributed by atoms with E-state index in [2.05, 4.69) is 58.9 Å². The molecule has 0 aliphatic carbocycles. The van der Waals surface area contributed by atoms with E-state index in [1.807, 2.05) is 60.7 Å². The molecule has 133 valence electrons. The van der Waals surface area contributed by atoms with Crippen molar-refractivity contribution in [2.75, 3.05) is 0 Å². The summed E-state index contributed by atoms with van der Waals surface area (Å²) in [4.78, 5) is 0. The van der Waals surface area contributed by atoms with Gasteiger partial charge in [0.2, 0.25) is 0 Å². The predicted molar refractivity (Wildman–Crippen MR) is 120 cm³/mol. The van der Waals surface area contributed by atoms with Gasteiger partial charge in [0.25, 0.3) is 0 Å². The van der Waals surface area contributed by atoms with Crippen LogP contribution in [0.15, 0.2) is 60.7 Å². The van der Waals surface area contributed by atoms with Gasteiger partial charge in [0.1, 0.15) is 0 Å². The minimum Gasteiger partial charge on any atom is -0.214 e. The van der Waals surface area contributed by atoms with E-state index in [-0.39, 0.29) is 33.6 Å². The minimum absolute atomic E-state index is 0. The van der Waals surface area contributed by atoms with Gasteiger partial charge in [-0.05, 0) is 0 Å². The molecule has 0 amide bonds. The molecule has 1 radical (unpaired) electrons. The molecule has 0 aliphatic heterocycles. The van der Waals surface area contributed by atoms with Gasteiger partial charge in [-0.15, -0.1) is 0 Å². The Morgan fingerprint density at radius 3 is 0.750 bits per heavy atom. The Morgan fingerprint density at radius 1 is 0.500 bits per heavy atom. The maximum Gasteiger partial charge on any atom is 2.00 e. The van der Waals surface area contributed by atoms with Gasteiger partial charge in [-0.3, -0.25) is 0 Å². The third kappa shape index (κ3) is 12.8. The van der Waals surface area contributed by atoms with Crippen molar-refractivity contribution in [2.24, 2.45) is 0 Å². The molecule has 0 spiro atoms. The van der Waals surface area contributed by atoms with Gasteiger partial charge in [-0.25, -0.2) is 24.3 Å². The first kappa shape index (κ1) is 26.7. The van der Waals surface area contributed by atoms with E-state index >= 15 is 0 Å². The van der Waals surface area contributed by atoms with Crippen LogP contribution in [0.4, 0.5) is 0 Å². The van der Waals surface area contributed by atoms with E-state index < -0.39 is 22.8 Å². The molecule has 0 fully saturated rings. The first-order valence-electron chi connectivity index (χ1n) is 8.58. The van der Waals surface area contributed by atoms with Gasteiger partial charge in [0.05, 0.1) is 0 Å². The van der Waals surface area contributed by atoms with Crippen molar-refractivity contribution in [2.45, 2.75) is 58.9 Å². The fourth-order valence-electron chi connectivity index (χ4n) is 4.02. The maximum atomic E-state index is 2.61. The van der Waals surface area contributed by atoms with E-state index in [0.717, 1.165) is 0 Å². The number of hydrogen-bond acceptors (Lipinski definition) is 0. The van der Waals surface area contributed by atoms with Crippen LogP contribution in [-0.2, 0) is 26.2 Å². The van der Waals surface area contributed by atoms with E-state index in [4.69, 9.17) is 0 Å². The second kappa shape index (κ2) is 11.9.